The Morgan fingerprint density at radius 1 is 0.553 bits per heavy atom. The number of aryl methyl sites for hydroxylation is 3. The number of nitrogens with one attached hydrogen (secondary N) is 3. The maximum absolute atomic E-state index is 13.2. The van der Waals surface area contributed by atoms with Gasteiger partial charge in [0.15, 0.2) is 0 Å². The van der Waals surface area contributed by atoms with Crippen LogP contribution in [-0.2, 0) is 19.1 Å². The lowest BCUT2D eigenvalue weighted by Crippen LogP contribution is -2.54. The van der Waals surface area contributed by atoms with Crippen molar-refractivity contribution in [2.24, 2.45) is 0 Å². The number of carbonyl (C=O) groups excluding carboxylic acids is 5. The lowest BCUT2D eigenvalue weighted by molar-refractivity contribution is -0.159. The molecule has 0 spiro atoms. The monoisotopic (exact) mass is 637 g/mol. The van der Waals surface area contributed by atoms with Crippen LogP contribution in [0.1, 0.15) is 58.1 Å². The number of hydrogen-bond acceptors (Lipinski definition) is 8. The molecule has 0 saturated carbocycles. The summed E-state index contributed by atoms with van der Waals surface area (Å²) in [7, 11) is 0. The highest BCUT2D eigenvalue weighted by molar-refractivity contribution is 6.05. The Balaban J connectivity index is 1.47. The third kappa shape index (κ3) is 9.11. The molecule has 0 fully saturated rings. The fraction of sp³-hybridized carbons (Fsp3) is 0.143. The van der Waals surface area contributed by atoms with Crippen LogP contribution in [0.15, 0.2) is 97.1 Å². The SMILES string of the molecule is Cc1ccc(C(=O)O[C@@H](C(=O)O)[C@@H](OC(=O)c2ccc(C)cc2)C(=O)NNC(=O)c2ccc(NC(=O)c3cccc(C)c3)cc2)cc1. The molecular formula is C35H31N3O9. The highest BCUT2D eigenvalue weighted by Crippen LogP contribution is 2.16. The molecule has 3 amide bonds. The van der Waals surface area contributed by atoms with E-state index >= 15 is 0 Å². The number of carbonyl (C=O) groups is 6. The third-order valence-electron chi connectivity index (χ3n) is 6.80. The van der Waals surface area contributed by atoms with E-state index in [9.17, 15) is 33.9 Å². The molecule has 12 heteroatoms. The van der Waals surface area contributed by atoms with Crippen molar-refractivity contribution in [1.29, 1.82) is 0 Å². The molecule has 0 aliphatic rings. The normalized spacial score (nSPS) is 11.7. The van der Waals surface area contributed by atoms with Crippen LogP contribution in [0.4, 0.5) is 5.69 Å². The predicted molar refractivity (Wildman–Crippen MR) is 170 cm³/mol. The average Bonchev–Trinajstić information content (AvgIpc) is 3.05. The van der Waals surface area contributed by atoms with Crippen molar-refractivity contribution >= 4 is 41.3 Å². The van der Waals surface area contributed by atoms with Gasteiger partial charge >= 0.3 is 17.9 Å². The van der Waals surface area contributed by atoms with Crippen LogP contribution in [0.5, 0.6) is 0 Å². The zero-order valence-corrected chi connectivity index (χ0v) is 25.6. The number of carboxylic acids is 1. The maximum Gasteiger partial charge on any atom is 0.349 e. The number of benzene rings is 4. The number of anilines is 1. The molecule has 4 N–H and O–H groups in total. The van der Waals surface area contributed by atoms with Crippen molar-refractivity contribution in [1.82, 2.24) is 10.9 Å². The van der Waals surface area contributed by atoms with E-state index in [1.54, 1.807) is 56.3 Å². The summed E-state index contributed by atoms with van der Waals surface area (Å²) in [6.45, 7) is 5.43. The van der Waals surface area contributed by atoms with E-state index in [1.165, 1.54) is 48.5 Å². The van der Waals surface area contributed by atoms with Crippen LogP contribution >= 0.6 is 0 Å². The number of ether oxygens (including phenoxy) is 2. The Morgan fingerprint density at radius 3 is 1.57 bits per heavy atom. The lowest BCUT2D eigenvalue weighted by atomic mass is 10.1. The standard InChI is InChI=1S/C35H31N3O9/c1-20-7-11-24(12-8-20)34(44)46-28(29(33(42)43)47-35(45)25-13-9-21(2)10-14-25)32(41)38-37-31(40)23-15-17-27(18-16-23)36-30(39)26-6-4-5-22(3)19-26/h4-19,28-29H,1-3H3,(H,36,39)(H,37,40)(H,38,41)(H,42,43)/t28-,29-/m1/s1. The quantitative estimate of drug-likeness (QED) is 0.147. The molecule has 0 aliphatic heterocycles. The lowest BCUT2D eigenvalue weighted by Gasteiger charge is -2.23. The number of amides is 3. The molecule has 0 heterocycles. The number of hydrazine groups is 1. The Morgan fingerprint density at radius 2 is 1.06 bits per heavy atom. The van der Waals surface area contributed by atoms with Gasteiger partial charge in [-0.2, -0.15) is 0 Å². The highest BCUT2D eigenvalue weighted by atomic mass is 16.6. The highest BCUT2D eigenvalue weighted by Gasteiger charge is 2.41. The molecule has 0 bridgehead atoms. The smallest absolute Gasteiger partial charge is 0.349 e. The van der Waals surface area contributed by atoms with Crippen LogP contribution in [0.25, 0.3) is 0 Å². The molecule has 0 aliphatic carbocycles. The Labute approximate surface area is 269 Å². The molecule has 240 valence electrons. The second-order valence-corrected chi connectivity index (χ2v) is 10.6. The average molecular weight is 638 g/mol. The summed E-state index contributed by atoms with van der Waals surface area (Å²) in [4.78, 5) is 76.5. The second-order valence-electron chi connectivity index (χ2n) is 10.6. The van der Waals surface area contributed by atoms with Crippen molar-refractivity contribution in [3.05, 3.63) is 136 Å². The number of aliphatic carboxylic acids is 1. The van der Waals surface area contributed by atoms with E-state index in [2.05, 4.69) is 10.7 Å². The first kappa shape index (κ1) is 33.6. The molecular weight excluding hydrogens is 606 g/mol. The molecule has 2 atom stereocenters. The van der Waals surface area contributed by atoms with Crippen molar-refractivity contribution < 1.29 is 43.3 Å². The first-order chi connectivity index (χ1) is 22.4. The van der Waals surface area contributed by atoms with E-state index in [1.807, 2.05) is 18.4 Å². The minimum atomic E-state index is -2.29. The van der Waals surface area contributed by atoms with Gasteiger partial charge < -0.3 is 19.9 Å². The van der Waals surface area contributed by atoms with E-state index in [4.69, 9.17) is 9.47 Å². The summed E-state index contributed by atoms with van der Waals surface area (Å²) >= 11 is 0. The Kier molecular flexibility index (Phi) is 10.8. The zero-order chi connectivity index (χ0) is 34.1. The van der Waals surface area contributed by atoms with Gasteiger partial charge in [0.1, 0.15) is 0 Å². The van der Waals surface area contributed by atoms with Gasteiger partial charge in [-0.05, 0) is 81.4 Å². The van der Waals surface area contributed by atoms with Gasteiger partial charge in [-0.3, -0.25) is 25.2 Å². The molecule has 12 nitrogen and oxygen atoms in total. The Bertz CT molecular complexity index is 1800. The summed E-state index contributed by atoms with van der Waals surface area (Å²) in [5.74, 6) is -6.39. The fourth-order valence-corrected chi connectivity index (χ4v) is 4.20. The van der Waals surface area contributed by atoms with Crippen LogP contribution in [0.3, 0.4) is 0 Å². The third-order valence-corrected chi connectivity index (χ3v) is 6.80. The van der Waals surface area contributed by atoms with Crippen molar-refractivity contribution in [3.63, 3.8) is 0 Å². The summed E-state index contributed by atoms with van der Waals surface area (Å²) < 4.78 is 10.4. The van der Waals surface area contributed by atoms with E-state index in [0.717, 1.165) is 16.7 Å². The predicted octanol–water partition coefficient (Wildman–Crippen LogP) is 4.16. The first-order valence-corrected chi connectivity index (χ1v) is 14.3. The summed E-state index contributed by atoms with van der Waals surface area (Å²) in [5.41, 5.74) is 7.66. The molecule has 4 rings (SSSR count). The van der Waals surface area contributed by atoms with Gasteiger partial charge in [0.2, 0.25) is 12.2 Å². The van der Waals surface area contributed by atoms with E-state index < -0.39 is 41.9 Å². The van der Waals surface area contributed by atoms with Crippen molar-refractivity contribution in [2.45, 2.75) is 33.0 Å². The summed E-state index contributed by atoms with van der Waals surface area (Å²) in [6.07, 6.45) is -4.50. The van der Waals surface area contributed by atoms with Gasteiger partial charge in [-0.15, -0.1) is 0 Å². The molecule has 0 radical (unpaired) electrons. The van der Waals surface area contributed by atoms with E-state index in [-0.39, 0.29) is 22.6 Å². The van der Waals surface area contributed by atoms with Crippen LogP contribution in [0.2, 0.25) is 0 Å². The molecule has 0 saturated heterocycles. The molecule has 47 heavy (non-hydrogen) atoms. The summed E-state index contributed by atoms with van der Waals surface area (Å²) in [5, 5.41) is 12.6. The van der Waals surface area contributed by atoms with Crippen molar-refractivity contribution in [2.75, 3.05) is 5.32 Å². The fourth-order valence-electron chi connectivity index (χ4n) is 4.20. The zero-order valence-electron chi connectivity index (χ0n) is 25.6. The van der Waals surface area contributed by atoms with Crippen LogP contribution in [0, 0.1) is 20.8 Å². The largest absolute Gasteiger partial charge is 0.478 e. The Hall–Kier alpha value is -6.30. The molecule has 0 aromatic heterocycles. The van der Waals surface area contributed by atoms with Gasteiger partial charge in [-0.1, -0.05) is 53.1 Å². The number of hydrogen-bond donors (Lipinski definition) is 4. The minimum absolute atomic E-state index is 0.000940. The second kappa shape index (κ2) is 15.1. The van der Waals surface area contributed by atoms with Crippen LogP contribution < -0.4 is 16.2 Å². The van der Waals surface area contributed by atoms with E-state index in [0.29, 0.717) is 11.3 Å². The number of carboxylic acid groups (broad SMARTS) is 1. The maximum atomic E-state index is 13.2. The van der Waals surface area contributed by atoms with Gasteiger partial charge in [0.25, 0.3) is 17.7 Å². The number of rotatable bonds is 10. The van der Waals surface area contributed by atoms with Gasteiger partial charge in [-0.25, -0.2) is 14.4 Å². The topological polar surface area (TPSA) is 177 Å². The minimum Gasteiger partial charge on any atom is -0.478 e. The van der Waals surface area contributed by atoms with Gasteiger partial charge in [0.05, 0.1) is 11.1 Å². The molecule has 4 aromatic carbocycles. The summed E-state index contributed by atoms with van der Waals surface area (Å²) in [6, 6.07) is 24.8. The van der Waals surface area contributed by atoms with Crippen molar-refractivity contribution in [3.8, 4) is 0 Å². The van der Waals surface area contributed by atoms with Gasteiger partial charge in [0, 0.05) is 16.8 Å². The molecule has 4 aromatic rings. The molecule has 0 unspecified atom stereocenters. The first-order valence-electron chi connectivity index (χ1n) is 14.3. The van der Waals surface area contributed by atoms with Crippen LogP contribution in [-0.4, -0.2) is 52.9 Å². The number of esters is 2.